The van der Waals surface area contributed by atoms with E-state index >= 15 is 0 Å². The van der Waals surface area contributed by atoms with Crippen molar-refractivity contribution in [2.45, 2.75) is 24.4 Å². The highest BCUT2D eigenvalue weighted by Gasteiger charge is 2.26. The molecule has 37 heavy (non-hydrogen) atoms. The zero-order chi connectivity index (χ0) is 26.4. The zero-order valence-corrected chi connectivity index (χ0v) is 22.6. The van der Waals surface area contributed by atoms with Gasteiger partial charge in [-0.05, 0) is 52.8 Å². The molecule has 1 aromatic heterocycles. The van der Waals surface area contributed by atoms with Gasteiger partial charge in [0.15, 0.2) is 10.9 Å². The molecule has 0 spiro atoms. The summed E-state index contributed by atoms with van der Waals surface area (Å²) in [7, 11) is 0. The summed E-state index contributed by atoms with van der Waals surface area (Å²) >= 11 is 8.08. The molecule has 0 saturated carbocycles. The number of hydrogen-bond donors (Lipinski definition) is 1. The van der Waals surface area contributed by atoms with Crippen LogP contribution < -0.4 is 4.74 Å². The number of benzene rings is 3. The molecule has 3 aromatic carbocycles. The molecule has 1 N–H and O–H groups in total. The smallest absolute Gasteiger partial charge is 0.187 e. The number of thioether (sulfide) groups is 1. The van der Waals surface area contributed by atoms with Crippen molar-refractivity contribution in [2.24, 2.45) is 0 Å². The van der Waals surface area contributed by atoms with Crippen LogP contribution >= 0.6 is 23.4 Å². The number of hydrogen-bond acceptors (Lipinski definition) is 7. The largest absolute Gasteiger partial charge is 0.488 e. The SMILES string of the molecule is CSc1ncc2cc(-c3ccc(C(C)(C)c4cc(Cl)c(OCCOCCO)c(C#N)c4)cc3)ccc2n1. The van der Waals surface area contributed by atoms with Crippen LogP contribution in [0.15, 0.2) is 66.0 Å². The van der Waals surface area contributed by atoms with Crippen LogP contribution in [0.4, 0.5) is 0 Å². The third kappa shape index (κ3) is 6.06. The van der Waals surface area contributed by atoms with Crippen molar-refractivity contribution in [3.05, 3.63) is 82.5 Å². The van der Waals surface area contributed by atoms with Crippen molar-refractivity contribution in [3.63, 3.8) is 0 Å². The maximum Gasteiger partial charge on any atom is 0.187 e. The van der Waals surface area contributed by atoms with Gasteiger partial charge in [0, 0.05) is 17.0 Å². The molecule has 0 unspecified atom stereocenters. The third-order valence-corrected chi connectivity index (χ3v) is 7.12. The second-order valence-corrected chi connectivity index (χ2v) is 10.1. The number of aliphatic hydroxyl groups excluding tert-OH is 1. The summed E-state index contributed by atoms with van der Waals surface area (Å²) in [6.07, 6.45) is 3.83. The van der Waals surface area contributed by atoms with Crippen LogP contribution in [-0.2, 0) is 10.2 Å². The summed E-state index contributed by atoms with van der Waals surface area (Å²) in [5, 5.41) is 20.7. The quantitative estimate of drug-likeness (QED) is 0.146. The van der Waals surface area contributed by atoms with Gasteiger partial charge in [-0.1, -0.05) is 67.5 Å². The predicted octanol–water partition coefficient (Wildman–Crippen LogP) is 6.26. The molecule has 6 nitrogen and oxygen atoms in total. The molecular weight excluding hydrogens is 506 g/mol. The number of aromatic nitrogens is 2. The minimum Gasteiger partial charge on any atom is -0.488 e. The maximum atomic E-state index is 9.75. The van der Waals surface area contributed by atoms with Gasteiger partial charge in [0.1, 0.15) is 12.7 Å². The minimum atomic E-state index is -0.401. The van der Waals surface area contributed by atoms with Crippen molar-refractivity contribution in [3.8, 4) is 22.9 Å². The number of fused-ring (bicyclic) bond motifs is 1. The van der Waals surface area contributed by atoms with E-state index in [1.165, 1.54) is 11.8 Å². The summed E-state index contributed by atoms with van der Waals surface area (Å²) in [5.74, 6) is 0.344. The third-order valence-electron chi connectivity index (χ3n) is 6.28. The fraction of sp³-hybridized carbons (Fsp3) is 0.276. The van der Waals surface area contributed by atoms with Crippen LogP contribution in [-0.4, -0.2) is 47.8 Å². The van der Waals surface area contributed by atoms with Gasteiger partial charge >= 0.3 is 0 Å². The van der Waals surface area contributed by atoms with E-state index in [9.17, 15) is 5.26 Å². The first kappa shape index (κ1) is 26.9. The van der Waals surface area contributed by atoms with E-state index in [1.54, 1.807) is 0 Å². The summed E-state index contributed by atoms with van der Waals surface area (Å²) in [4.78, 5) is 8.95. The molecule has 0 atom stereocenters. The number of ether oxygens (including phenoxy) is 2. The Hall–Kier alpha value is -3.15. The van der Waals surface area contributed by atoms with E-state index in [4.69, 9.17) is 26.2 Å². The molecule has 8 heteroatoms. The van der Waals surface area contributed by atoms with E-state index in [0.29, 0.717) is 22.9 Å². The fourth-order valence-corrected chi connectivity index (χ4v) is 4.72. The summed E-state index contributed by atoms with van der Waals surface area (Å²) in [5.41, 5.74) is 5.10. The van der Waals surface area contributed by atoms with Crippen molar-refractivity contribution in [1.82, 2.24) is 9.97 Å². The van der Waals surface area contributed by atoms with Gasteiger partial charge in [0.2, 0.25) is 0 Å². The predicted molar refractivity (Wildman–Crippen MR) is 148 cm³/mol. The van der Waals surface area contributed by atoms with Gasteiger partial charge in [-0.2, -0.15) is 5.26 Å². The van der Waals surface area contributed by atoms with Crippen LogP contribution in [0.2, 0.25) is 5.02 Å². The summed E-state index contributed by atoms with van der Waals surface area (Å²) < 4.78 is 10.9. The summed E-state index contributed by atoms with van der Waals surface area (Å²) in [6.45, 7) is 4.93. The van der Waals surface area contributed by atoms with Crippen LogP contribution in [0, 0.1) is 11.3 Å². The molecule has 1 heterocycles. The average molecular weight is 534 g/mol. The highest BCUT2D eigenvalue weighted by molar-refractivity contribution is 7.98. The van der Waals surface area contributed by atoms with Gasteiger partial charge in [0.25, 0.3) is 0 Å². The lowest BCUT2D eigenvalue weighted by Gasteiger charge is -2.27. The summed E-state index contributed by atoms with van der Waals surface area (Å²) in [6, 6.07) is 20.5. The second-order valence-electron chi connectivity index (χ2n) is 8.96. The Labute approximate surface area is 226 Å². The van der Waals surface area contributed by atoms with Gasteiger partial charge in [0.05, 0.1) is 35.9 Å². The number of aliphatic hydroxyl groups is 1. The molecule has 0 aliphatic heterocycles. The van der Waals surface area contributed by atoms with Crippen LogP contribution in [0.5, 0.6) is 5.75 Å². The minimum absolute atomic E-state index is 0.0503. The van der Waals surface area contributed by atoms with Crippen LogP contribution in [0.25, 0.3) is 22.0 Å². The zero-order valence-electron chi connectivity index (χ0n) is 21.0. The first-order valence-electron chi connectivity index (χ1n) is 11.8. The first-order valence-corrected chi connectivity index (χ1v) is 13.4. The van der Waals surface area contributed by atoms with Crippen LogP contribution in [0.1, 0.15) is 30.5 Å². The van der Waals surface area contributed by atoms with Gasteiger partial charge in [-0.3, -0.25) is 0 Å². The van der Waals surface area contributed by atoms with Gasteiger partial charge < -0.3 is 14.6 Å². The lowest BCUT2D eigenvalue weighted by Crippen LogP contribution is -2.19. The van der Waals surface area contributed by atoms with Crippen molar-refractivity contribution < 1.29 is 14.6 Å². The molecule has 0 saturated heterocycles. The number of rotatable bonds is 10. The van der Waals surface area contributed by atoms with E-state index in [0.717, 1.165) is 38.3 Å². The van der Waals surface area contributed by atoms with Gasteiger partial charge in [-0.25, -0.2) is 9.97 Å². The van der Waals surface area contributed by atoms with Gasteiger partial charge in [-0.15, -0.1) is 0 Å². The maximum absolute atomic E-state index is 9.75. The molecule has 4 rings (SSSR count). The Balaban J connectivity index is 1.57. The monoisotopic (exact) mass is 533 g/mol. The van der Waals surface area contributed by atoms with Crippen molar-refractivity contribution in [1.29, 1.82) is 5.26 Å². The number of halogens is 1. The van der Waals surface area contributed by atoms with E-state index < -0.39 is 5.41 Å². The fourth-order valence-electron chi connectivity index (χ4n) is 4.09. The Bertz CT molecular complexity index is 1440. The molecule has 0 amide bonds. The lowest BCUT2D eigenvalue weighted by atomic mass is 9.77. The average Bonchev–Trinajstić information content (AvgIpc) is 2.92. The topological polar surface area (TPSA) is 88.3 Å². The lowest BCUT2D eigenvalue weighted by molar-refractivity contribution is 0.0705. The molecule has 0 fully saturated rings. The highest BCUT2D eigenvalue weighted by Crippen LogP contribution is 2.39. The second kappa shape index (κ2) is 11.9. The Morgan fingerprint density at radius 1 is 1.00 bits per heavy atom. The highest BCUT2D eigenvalue weighted by atomic mass is 35.5. The first-order chi connectivity index (χ1) is 17.9. The van der Waals surface area contributed by atoms with E-state index in [2.05, 4.69) is 66.3 Å². The van der Waals surface area contributed by atoms with Crippen molar-refractivity contribution >= 4 is 34.3 Å². The molecular formula is C29H28ClN3O3S. The molecule has 0 bridgehead atoms. The van der Waals surface area contributed by atoms with E-state index in [-0.39, 0.29) is 19.8 Å². The van der Waals surface area contributed by atoms with Crippen LogP contribution in [0.3, 0.4) is 0 Å². The molecule has 4 aromatic rings. The Morgan fingerprint density at radius 2 is 1.76 bits per heavy atom. The molecule has 0 aliphatic rings. The Morgan fingerprint density at radius 3 is 2.46 bits per heavy atom. The molecule has 0 radical (unpaired) electrons. The van der Waals surface area contributed by atoms with E-state index in [1.807, 2.05) is 30.7 Å². The Kier molecular flexibility index (Phi) is 8.67. The number of nitrogens with zero attached hydrogens (tertiary/aromatic N) is 3. The normalized spacial score (nSPS) is 11.5. The number of nitriles is 1. The standard InChI is InChI=1S/C29H28ClN3O3S/c1-29(2,24-15-21(17-31)27(25(30)16-24)36-13-12-35-11-10-34)23-7-4-19(5-8-23)20-6-9-26-22(14-20)18-32-28(33-26)37-3/h4-9,14-16,18,34H,10-13H2,1-3H3. The van der Waals surface area contributed by atoms with Crippen molar-refractivity contribution in [2.75, 3.05) is 32.7 Å². The molecule has 0 aliphatic carbocycles. The molecule has 190 valence electrons.